The van der Waals surface area contributed by atoms with Crippen LogP contribution in [0.1, 0.15) is 39.5 Å². The van der Waals surface area contributed by atoms with E-state index in [1.807, 2.05) is 32.0 Å². The number of aromatic nitrogens is 3. The van der Waals surface area contributed by atoms with Crippen molar-refractivity contribution in [1.82, 2.24) is 15.0 Å². The minimum atomic E-state index is -0.917. The number of nitrogens with two attached hydrogens (primary N) is 1. The van der Waals surface area contributed by atoms with Crippen LogP contribution < -0.4 is 10.6 Å². The van der Waals surface area contributed by atoms with Gasteiger partial charge in [0.05, 0.1) is 13.2 Å². The monoisotopic (exact) mass is 387 g/mol. The van der Waals surface area contributed by atoms with Crippen LogP contribution in [-0.4, -0.2) is 40.4 Å². The van der Waals surface area contributed by atoms with E-state index in [-0.39, 0.29) is 30.9 Å². The largest absolute Gasteiger partial charge is 0.449 e. The van der Waals surface area contributed by atoms with E-state index in [2.05, 4.69) is 15.0 Å². The van der Waals surface area contributed by atoms with Crippen molar-refractivity contribution in [2.24, 2.45) is 0 Å². The molecule has 0 bridgehead atoms. The van der Waals surface area contributed by atoms with Crippen molar-refractivity contribution in [2.45, 2.75) is 39.5 Å². The third-order valence-corrected chi connectivity index (χ3v) is 3.68. The van der Waals surface area contributed by atoms with Crippen LogP contribution in [0.3, 0.4) is 0 Å². The van der Waals surface area contributed by atoms with Crippen LogP contribution in [0.4, 0.5) is 21.5 Å². The van der Waals surface area contributed by atoms with Crippen LogP contribution in [0.5, 0.6) is 0 Å². The molecule has 1 aromatic carbocycles. The third kappa shape index (κ3) is 5.90. The summed E-state index contributed by atoms with van der Waals surface area (Å²) in [4.78, 5) is 37.9. The molecule has 0 spiro atoms. The normalized spacial score (nSPS) is 10.4. The number of benzene rings is 1. The third-order valence-electron chi connectivity index (χ3n) is 3.68. The summed E-state index contributed by atoms with van der Waals surface area (Å²) in [6, 6.07) is 9.02. The van der Waals surface area contributed by atoms with Gasteiger partial charge in [0.2, 0.25) is 11.9 Å². The first kappa shape index (κ1) is 21.1. The van der Waals surface area contributed by atoms with E-state index in [0.717, 1.165) is 12.8 Å². The molecule has 28 heavy (non-hydrogen) atoms. The zero-order valence-electron chi connectivity index (χ0n) is 16.1. The number of carbonyl (C=O) groups excluding carboxylic acids is 2. The van der Waals surface area contributed by atoms with Gasteiger partial charge in [0.25, 0.3) is 0 Å². The van der Waals surface area contributed by atoms with Gasteiger partial charge in [0.15, 0.2) is 5.82 Å². The summed E-state index contributed by atoms with van der Waals surface area (Å²) in [6.07, 6.45) is 1.17. The summed E-state index contributed by atoms with van der Waals surface area (Å²) in [7, 11) is 0. The number of amides is 2. The molecule has 2 aromatic rings. The highest BCUT2D eigenvalue weighted by molar-refractivity contribution is 6.08. The van der Waals surface area contributed by atoms with Gasteiger partial charge in [-0.1, -0.05) is 57.0 Å². The second-order valence-corrected chi connectivity index (χ2v) is 5.95. The van der Waals surface area contributed by atoms with E-state index in [9.17, 15) is 9.59 Å². The fourth-order valence-corrected chi connectivity index (χ4v) is 2.17. The van der Waals surface area contributed by atoms with Crippen LogP contribution in [0, 0.1) is 0 Å². The number of ether oxygens (including phenoxy) is 2. The molecular weight excluding hydrogens is 362 g/mol. The second kappa shape index (κ2) is 10.8. The van der Waals surface area contributed by atoms with E-state index in [0.29, 0.717) is 23.3 Å². The molecule has 9 heteroatoms. The van der Waals surface area contributed by atoms with Crippen molar-refractivity contribution >= 4 is 24.1 Å². The Bertz CT molecular complexity index is 763. The van der Waals surface area contributed by atoms with Crippen molar-refractivity contribution in [3.63, 3.8) is 0 Å². The highest BCUT2D eigenvalue weighted by Gasteiger charge is 2.30. The van der Waals surface area contributed by atoms with Gasteiger partial charge in [-0.2, -0.15) is 15.0 Å². The second-order valence-electron chi connectivity index (χ2n) is 5.95. The van der Waals surface area contributed by atoms with Gasteiger partial charge in [-0.3, -0.25) is 0 Å². The lowest BCUT2D eigenvalue weighted by atomic mass is 10.2. The van der Waals surface area contributed by atoms with Crippen LogP contribution >= 0.6 is 0 Å². The summed E-state index contributed by atoms with van der Waals surface area (Å²) in [6.45, 7) is 4.26. The lowest BCUT2D eigenvalue weighted by Crippen LogP contribution is -2.39. The molecule has 0 aliphatic rings. The number of nitrogen functional groups attached to an aromatic ring is 1. The fourth-order valence-electron chi connectivity index (χ4n) is 2.17. The number of hydrogen-bond acceptors (Lipinski definition) is 8. The molecule has 0 radical (unpaired) electrons. The van der Waals surface area contributed by atoms with E-state index >= 15 is 0 Å². The molecule has 2 rings (SSSR count). The Kier molecular flexibility index (Phi) is 8.13. The van der Waals surface area contributed by atoms with E-state index < -0.39 is 12.2 Å². The van der Waals surface area contributed by atoms with E-state index in [4.69, 9.17) is 15.2 Å². The Morgan fingerprint density at radius 3 is 2.04 bits per heavy atom. The molecule has 0 aliphatic carbocycles. The number of unbranched alkanes of at least 4 members (excludes halogenated alkanes) is 2. The van der Waals surface area contributed by atoms with Gasteiger partial charge in [-0.05, 0) is 12.8 Å². The number of anilines is 2. The number of hydrogen-bond donors (Lipinski definition) is 1. The molecule has 0 saturated heterocycles. The molecule has 0 fully saturated rings. The summed E-state index contributed by atoms with van der Waals surface area (Å²) in [5, 5.41) is 0. The molecule has 2 amide bonds. The molecule has 1 heterocycles. The van der Waals surface area contributed by atoms with E-state index in [1.165, 1.54) is 0 Å². The zero-order chi connectivity index (χ0) is 20.4. The highest BCUT2D eigenvalue weighted by Crippen LogP contribution is 2.20. The Morgan fingerprint density at radius 2 is 1.50 bits per heavy atom. The Hall–Kier alpha value is -3.23. The smallest absolute Gasteiger partial charge is 0.426 e. The summed E-state index contributed by atoms with van der Waals surface area (Å²) >= 11 is 0. The molecule has 2 N–H and O–H groups in total. The summed E-state index contributed by atoms with van der Waals surface area (Å²) < 4.78 is 10.3. The topological polar surface area (TPSA) is 121 Å². The maximum absolute atomic E-state index is 12.5. The SMILES string of the molecule is CCCCOC(=O)N(C(=O)OCCCC)c1nc(N)nc(-c2ccccc2)n1. The van der Waals surface area contributed by atoms with Crippen molar-refractivity contribution in [1.29, 1.82) is 0 Å². The van der Waals surface area contributed by atoms with E-state index in [1.54, 1.807) is 12.1 Å². The minimum absolute atomic E-state index is 0.128. The maximum Gasteiger partial charge on any atom is 0.426 e. The van der Waals surface area contributed by atoms with Crippen LogP contribution in [0.25, 0.3) is 11.4 Å². The molecular formula is C19H25N5O4. The number of imide groups is 1. The van der Waals surface area contributed by atoms with Crippen LogP contribution in [-0.2, 0) is 9.47 Å². The Morgan fingerprint density at radius 1 is 0.929 bits per heavy atom. The average Bonchev–Trinajstić information content (AvgIpc) is 2.69. The van der Waals surface area contributed by atoms with Crippen molar-refractivity contribution < 1.29 is 19.1 Å². The van der Waals surface area contributed by atoms with Gasteiger partial charge in [0, 0.05) is 5.56 Å². The van der Waals surface area contributed by atoms with Gasteiger partial charge >= 0.3 is 12.2 Å². The minimum Gasteiger partial charge on any atom is -0.449 e. The van der Waals surface area contributed by atoms with Crippen molar-refractivity contribution in [2.75, 3.05) is 23.8 Å². The molecule has 0 atom stereocenters. The Balaban J connectivity index is 2.34. The van der Waals surface area contributed by atoms with Gasteiger partial charge < -0.3 is 15.2 Å². The first-order valence-corrected chi connectivity index (χ1v) is 9.27. The van der Waals surface area contributed by atoms with Crippen LogP contribution in [0.15, 0.2) is 30.3 Å². The predicted octanol–water partition coefficient (Wildman–Crippen LogP) is 3.80. The summed E-state index contributed by atoms with van der Waals surface area (Å²) in [5.41, 5.74) is 6.45. The summed E-state index contributed by atoms with van der Waals surface area (Å²) in [5.74, 6) is -0.137. The van der Waals surface area contributed by atoms with Crippen molar-refractivity contribution in [3.05, 3.63) is 30.3 Å². The van der Waals surface area contributed by atoms with Crippen molar-refractivity contribution in [3.8, 4) is 11.4 Å². The quantitative estimate of drug-likeness (QED) is 0.679. The predicted molar refractivity (Wildman–Crippen MR) is 105 cm³/mol. The zero-order valence-corrected chi connectivity index (χ0v) is 16.1. The van der Waals surface area contributed by atoms with Gasteiger partial charge in [0.1, 0.15) is 0 Å². The lowest BCUT2D eigenvalue weighted by Gasteiger charge is -2.18. The molecule has 0 unspecified atom stereocenters. The fraction of sp³-hybridized carbons (Fsp3) is 0.421. The maximum atomic E-state index is 12.5. The molecule has 1 aromatic heterocycles. The molecule has 150 valence electrons. The molecule has 0 aliphatic heterocycles. The first-order valence-electron chi connectivity index (χ1n) is 9.27. The molecule has 9 nitrogen and oxygen atoms in total. The number of nitrogens with zero attached hydrogens (tertiary/aromatic N) is 4. The Labute approximate surface area is 163 Å². The number of carbonyl (C=O) groups is 2. The average molecular weight is 387 g/mol. The van der Waals surface area contributed by atoms with Gasteiger partial charge in [-0.15, -0.1) is 4.90 Å². The highest BCUT2D eigenvalue weighted by atomic mass is 16.6. The number of rotatable bonds is 8. The van der Waals surface area contributed by atoms with Crippen LogP contribution in [0.2, 0.25) is 0 Å². The lowest BCUT2D eigenvalue weighted by molar-refractivity contribution is 0.132. The molecule has 0 saturated carbocycles. The first-order chi connectivity index (χ1) is 13.6. The van der Waals surface area contributed by atoms with Gasteiger partial charge in [-0.25, -0.2) is 9.59 Å². The standard InChI is InChI=1S/C19H25N5O4/c1-3-5-12-27-18(25)24(19(26)28-13-6-4-2)17-22-15(21-16(20)23-17)14-10-8-7-9-11-14/h7-11H,3-6,12-13H2,1-2H3,(H2,20,21,22,23).